The lowest BCUT2D eigenvalue weighted by Gasteiger charge is -2.14. The molecule has 1 saturated carbocycles. The van der Waals surface area contributed by atoms with Crippen molar-refractivity contribution in [2.45, 2.75) is 25.7 Å². The van der Waals surface area contributed by atoms with Gasteiger partial charge < -0.3 is 9.72 Å². The molecule has 0 spiro atoms. The van der Waals surface area contributed by atoms with Crippen LogP contribution in [0.5, 0.6) is 0 Å². The Hall–Kier alpha value is -2.30. The van der Waals surface area contributed by atoms with E-state index in [9.17, 15) is 0 Å². The molecular formula is C16H18N4O. The Morgan fingerprint density at radius 3 is 3.10 bits per heavy atom. The third-order valence-electron chi connectivity index (χ3n) is 4.49. The zero-order valence-corrected chi connectivity index (χ0v) is 12.2. The first-order valence-corrected chi connectivity index (χ1v) is 7.28. The second-order valence-electron chi connectivity index (χ2n) is 5.85. The van der Waals surface area contributed by atoms with E-state index in [0.717, 1.165) is 29.7 Å². The van der Waals surface area contributed by atoms with Crippen molar-refractivity contribution >= 4 is 16.8 Å². The highest BCUT2D eigenvalue weighted by Crippen LogP contribution is 2.42. The van der Waals surface area contributed by atoms with Crippen molar-refractivity contribution < 1.29 is 4.74 Å². The van der Waals surface area contributed by atoms with Crippen molar-refractivity contribution in [3.63, 3.8) is 0 Å². The molecule has 1 aliphatic carbocycles. The Bertz CT molecular complexity index is 829. The molecule has 5 nitrogen and oxygen atoms in total. The third-order valence-corrected chi connectivity index (χ3v) is 4.49. The van der Waals surface area contributed by atoms with Gasteiger partial charge in [-0.25, -0.2) is 9.97 Å². The molecule has 2 atom stereocenters. The number of aromatic amines is 1. The summed E-state index contributed by atoms with van der Waals surface area (Å²) in [5, 5.41) is 0. The number of methoxy groups -OCH3 is 1. The van der Waals surface area contributed by atoms with Crippen LogP contribution in [0, 0.1) is 5.92 Å². The summed E-state index contributed by atoms with van der Waals surface area (Å²) < 4.78 is 7.42. The van der Waals surface area contributed by atoms with Crippen molar-refractivity contribution in [1.82, 2.24) is 19.4 Å². The molecule has 0 amide bonds. The van der Waals surface area contributed by atoms with Crippen LogP contribution < -0.4 is 0 Å². The van der Waals surface area contributed by atoms with E-state index in [-0.39, 0.29) is 0 Å². The molecule has 21 heavy (non-hydrogen) atoms. The topological polar surface area (TPSA) is 55.2 Å². The normalized spacial score (nSPS) is 24.4. The Labute approximate surface area is 122 Å². The van der Waals surface area contributed by atoms with Gasteiger partial charge in [0.05, 0.1) is 25.1 Å². The minimum Gasteiger partial charge on any atom is -0.504 e. The number of fused-ring (bicyclic) bond motifs is 3. The molecule has 0 aromatic carbocycles. The lowest BCUT2D eigenvalue weighted by Crippen LogP contribution is -2.06. The van der Waals surface area contributed by atoms with Gasteiger partial charge in [0.25, 0.3) is 0 Å². The summed E-state index contributed by atoms with van der Waals surface area (Å²) in [5.41, 5.74) is 5.55. The number of nitrogens with zero attached hydrogens (tertiary/aromatic N) is 3. The monoisotopic (exact) mass is 282 g/mol. The van der Waals surface area contributed by atoms with Gasteiger partial charge in [0, 0.05) is 24.0 Å². The van der Waals surface area contributed by atoms with Gasteiger partial charge in [0.1, 0.15) is 0 Å². The largest absolute Gasteiger partial charge is 0.504 e. The number of H-pyrrole nitrogens is 1. The molecule has 1 aliphatic rings. The first-order valence-electron chi connectivity index (χ1n) is 7.28. The van der Waals surface area contributed by atoms with E-state index in [1.165, 1.54) is 11.3 Å². The van der Waals surface area contributed by atoms with Gasteiger partial charge in [0.2, 0.25) is 0 Å². The summed E-state index contributed by atoms with van der Waals surface area (Å²) in [6.45, 7) is 2.30. The average molecular weight is 282 g/mol. The van der Waals surface area contributed by atoms with Gasteiger partial charge >= 0.3 is 0 Å². The van der Waals surface area contributed by atoms with Crippen molar-refractivity contribution in [2.24, 2.45) is 5.92 Å². The van der Waals surface area contributed by atoms with Crippen LogP contribution in [0.3, 0.4) is 0 Å². The van der Waals surface area contributed by atoms with E-state index in [0.29, 0.717) is 11.8 Å². The maximum atomic E-state index is 5.19. The second-order valence-corrected chi connectivity index (χ2v) is 5.85. The zero-order valence-electron chi connectivity index (χ0n) is 12.2. The highest BCUT2D eigenvalue weighted by atomic mass is 16.5. The fraction of sp³-hybridized carbons (Fsp3) is 0.375. The quantitative estimate of drug-likeness (QED) is 0.734. The summed E-state index contributed by atoms with van der Waals surface area (Å²) in [5.74, 6) is 1.07. The number of ether oxygens (including phenoxy) is 1. The molecule has 3 aromatic rings. The average Bonchev–Trinajstić information content (AvgIpc) is 3.15. The summed E-state index contributed by atoms with van der Waals surface area (Å²) in [7, 11) is 1.72. The van der Waals surface area contributed by atoms with E-state index in [4.69, 9.17) is 4.74 Å². The van der Waals surface area contributed by atoms with E-state index in [2.05, 4.69) is 32.3 Å². The number of imidazole rings is 1. The molecule has 0 aliphatic heterocycles. The van der Waals surface area contributed by atoms with E-state index < -0.39 is 0 Å². The van der Waals surface area contributed by atoms with Crippen LogP contribution in [0.2, 0.25) is 0 Å². The number of hydrogen-bond acceptors (Lipinski definition) is 3. The minimum absolute atomic E-state index is 0.474. The van der Waals surface area contributed by atoms with Gasteiger partial charge in [-0.3, -0.25) is 4.40 Å². The summed E-state index contributed by atoms with van der Waals surface area (Å²) in [6, 6.07) is 2.06. The molecule has 108 valence electrons. The predicted octanol–water partition coefficient (Wildman–Crippen LogP) is 3.25. The number of rotatable bonds is 2. The van der Waals surface area contributed by atoms with Crippen LogP contribution in [-0.4, -0.2) is 26.5 Å². The first kappa shape index (κ1) is 12.4. The van der Waals surface area contributed by atoms with Crippen LogP contribution in [0.15, 0.2) is 36.5 Å². The van der Waals surface area contributed by atoms with Crippen molar-refractivity contribution in [3.05, 3.63) is 42.2 Å². The van der Waals surface area contributed by atoms with Gasteiger partial charge in [-0.05, 0) is 30.4 Å². The summed E-state index contributed by atoms with van der Waals surface area (Å²) >= 11 is 0. The first-order chi connectivity index (χ1) is 10.3. The number of allylic oxidation sites excluding steroid dienone is 1. The van der Waals surface area contributed by atoms with E-state index >= 15 is 0 Å². The van der Waals surface area contributed by atoms with Crippen LogP contribution in [-0.2, 0) is 4.74 Å². The van der Waals surface area contributed by atoms with Gasteiger partial charge in [-0.15, -0.1) is 0 Å². The summed E-state index contributed by atoms with van der Waals surface area (Å²) in [4.78, 5) is 12.1. The number of hydrogen-bond donors (Lipinski definition) is 1. The van der Waals surface area contributed by atoms with Crippen LogP contribution in [0.4, 0.5) is 0 Å². The smallest absolute Gasteiger partial charge is 0.156 e. The Morgan fingerprint density at radius 1 is 1.33 bits per heavy atom. The lowest BCUT2D eigenvalue weighted by atomic mass is 9.95. The fourth-order valence-corrected chi connectivity index (χ4v) is 3.54. The molecule has 0 radical (unpaired) electrons. The van der Waals surface area contributed by atoms with Crippen LogP contribution in [0.25, 0.3) is 16.8 Å². The minimum atomic E-state index is 0.474. The molecule has 0 bridgehead atoms. The second kappa shape index (κ2) is 4.62. The van der Waals surface area contributed by atoms with Crippen molar-refractivity contribution in [1.29, 1.82) is 0 Å². The number of nitrogens with one attached hydrogen (secondary N) is 1. The molecule has 1 N–H and O–H groups in total. The molecular weight excluding hydrogens is 264 g/mol. The molecule has 3 aromatic heterocycles. The van der Waals surface area contributed by atoms with Gasteiger partial charge in [-0.1, -0.05) is 6.92 Å². The van der Waals surface area contributed by atoms with Gasteiger partial charge in [-0.2, -0.15) is 0 Å². The van der Waals surface area contributed by atoms with Crippen molar-refractivity contribution in [3.8, 4) is 0 Å². The zero-order chi connectivity index (χ0) is 14.4. The Morgan fingerprint density at radius 2 is 2.24 bits per heavy atom. The van der Waals surface area contributed by atoms with Crippen molar-refractivity contribution in [2.75, 3.05) is 7.11 Å². The highest BCUT2D eigenvalue weighted by molar-refractivity contribution is 5.74. The Kier molecular flexibility index (Phi) is 2.74. The molecule has 1 fully saturated rings. The fourth-order valence-electron chi connectivity index (χ4n) is 3.54. The van der Waals surface area contributed by atoms with Crippen LogP contribution >= 0.6 is 0 Å². The maximum absolute atomic E-state index is 5.19. The SMILES string of the molecule is CO/C=C1\C[C@@H](C)[C@@H](c2cnc3cnc4[nH]ccc4n23)C1. The predicted molar refractivity (Wildman–Crippen MR) is 81.1 cm³/mol. The molecule has 5 heteroatoms. The number of aromatic nitrogens is 4. The molecule has 0 saturated heterocycles. The Balaban J connectivity index is 1.87. The molecule has 4 rings (SSSR count). The van der Waals surface area contributed by atoms with Crippen LogP contribution in [0.1, 0.15) is 31.4 Å². The molecule has 0 unspecified atom stereocenters. The van der Waals surface area contributed by atoms with Gasteiger partial charge in [0.15, 0.2) is 11.3 Å². The lowest BCUT2D eigenvalue weighted by molar-refractivity contribution is 0.332. The standard InChI is InChI=1S/C16H18N4O/c1-10-5-11(9-21-2)6-12(10)14-7-18-15-8-19-16-13(20(14)15)3-4-17-16/h3-4,7-10,12,17H,5-6H2,1-2H3/b11-9+/t10-,12+/m1/s1. The van der Waals surface area contributed by atoms with E-state index in [1.54, 1.807) is 7.11 Å². The van der Waals surface area contributed by atoms with E-state index in [1.807, 2.05) is 24.9 Å². The third kappa shape index (κ3) is 1.84. The summed E-state index contributed by atoms with van der Waals surface area (Å²) in [6.07, 6.45) is 9.78. The molecule has 3 heterocycles. The highest BCUT2D eigenvalue weighted by Gasteiger charge is 2.31. The maximum Gasteiger partial charge on any atom is 0.156 e.